The van der Waals surface area contributed by atoms with Gasteiger partial charge in [0.1, 0.15) is 5.82 Å². The lowest BCUT2D eigenvalue weighted by molar-refractivity contribution is 0.220. The second-order valence-electron chi connectivity index (χ2n) is 4.34. The summed E-state index contributed by atoms with van der Waals surface area (Å²) in [6, 6.07) is 0.535. The average Bonchev–Trinajstić information content (AvgIpc) is 2.60. The van der Waals surface area contributed by atoms with Gasteiger partial charge >= 0.3 is 0 Å². The Labute approximate surface area is 105 Å². The van der Waals surface area contributed by atoms with Crippen molar-refractivity contribution in [2.45, 2.75) is 45.1 Å². The maximum Gasteiger partial charge on any atom is 0.135 e. The van der Waals surface area contributed by atoms with Gasteiger partial charge in [-0.25, -0.2) is 4.68 Å². The molecule has 2 N–H and O–H groups in total. The standard InChI is InChI=1S/C11H18IN3/c1-2-8-5-3-4-6-10(8)15-11(13)9(12)7-14-15/h7-8,10H,2-6,13H2,1H3. The zero-order valence-electron chi connectivity index (χ0n) is 9.12. The first-order chi connectivity index (χ1) is 7.24. The Kier molecular flexibility index (Phi) is 3.53. The Morgan fingerprint density at radius 3 is 2.87 bits per heavy atom. The third-order valence-electron chi connectivity index (χ3n) is 3.49. The van der Waals surface area contributed by atoms with Crippen LogP contribution in [-0.2, 0) is 0 Å². The van der Waals surface area contributed by atoms with Crippen molar-refractivity contribution in [1.29, 1.82) is 0 Å². The number of aromatic nitrogens is 2. The molecule has 1 aliphatic rings. The van der Waals surface area contributed by atoms with Crippen LogP contribution in [0, 0.1) is 9.49 Å². The highest BCUT2D eigenvalue weighted by Gasteiger charge is 2.27. The average molecular weight is 319 g/mol. The van der Waals surface area contributed by atoms with E-state index in [1.54, 1.807) is 0 Å². The number of halogens is 1. The highest BCUT2D eigenvalue weighted by atomic mass is 127. The van der Waals surface area contributed by atoms with E-state index >= 15 is 0 Å². The van der Waals surface area contributed by atoms with Crippen molar-refractivity contribution >= 4 is 28.4 Å². The predicted octanol–water partition coefficient (Wildman–Crippen LogP) is 3.21. The summed E-state index contributed by atoms with van der Waals surface area (Å²) in [5.41, 5.74) is 6.04. The molecule has 0 spiro atoms. The van der Waals surface area contributed by atoms with E-state index in [0.717, 1.165) is 15.3 Å². The fourth-order valence-corrected chi connectivity index (χ4v) is 2.97. The van der Waals surface area contributed by atoms with Crippen LogP contribution < -0.4 is 5.73 Å². The number of rotatable bonds is 2. The van der Waals surface area contributed by atoms with Gasteiger partial charge in [-0.05, 0) is 41.4 Å². The van der Waals surface area contributed by atoms with Crippen molar-refractivity contribution in [1.82, 2.24) is 9.78 Å². The summed E-state index contributed by atoms with van der Waals surface area (Å²) < 4.78 is 3.13. The van der Waals surface area contributed by atoms with Crippen LogP contribution in [0.2, 0.25) is 0 Å². The number of nitrogens with zero attached hydrogens (tertiary/aromatic N) is 2. The van der Waals surface area contributed by atoms with E-state index in [4.69, 9.17) is 5.73 Å². The SMILES string of the molecule is CCC1CCCCC1n1ncc(I)c1N. The topological polar surface area (TPSA) is 43.8 Å². The first kappa shape index (κ1) is 11.2. The zero-order valence-corrected chi connectivity index (χ0v) is 11.3. The Morgan fingerprint density at radius 1 is 1.53 bits per heavy atom. The molecule has 1 heterocycles. The van der Waals surface area contributed by atoms with Gasteiger partial charge in [-0.3, -0.25) is 0 Å². The molecular formula is C11H18IN3. The van der Waals surface area contributed by atoms with Crippen molar-refractivity contribution in [2.75, 3.05) is 5.73 Å². The summed E-state index contributed by atoms with van der Waals surface area (Å²) in [5.74, 6) is 1.61. The second-order valence-corrected chi connectivity index (χ2v) is 5.50. The van der Waals surface area contributed by atoms with Crippen LogP contribution in [0.1, 0.15) is 45.1 Å². The van der Waals surface area contributed by atoms with Crippen LogP contribution in [-0.4, -0.2) is 9.78 Å². The first-order valence-corrected chi connectivity index (χ1v) is 6.80. The highest BCUT2D eigenvalue weighted by molar-refractivity contribution is 14.1. The molecular weight excluding hydrogens is 301 g/mol. The van der Waals surface area contributed by atoms with E-state index in [0.29, 0.717) is 6.04 Å². The second kappa shape index (κ2) is 4.72. The number of nitrogens with two attached hydrogens (primary N) is 1. The zero-order chi connectivity index (χ0) is 10.8. The fraction of sp³-hybridized carbons (Fsp3) is 0.727. The third kappa shape index (κ3) is 2.14. The molecule has 4 heteroatoms. The van der Waals surface area contributed by atoms with Crippen LogP contribution >= 0.6 is 22.6 Å². The largest absolute Gasteiger partial charge is 0.383 e. The number of anilines is 1. The van der Waals surface area contributed by atoms with Gasteiger partial charge in [0.05, 0.1) is 15.8 Å². The van der Waals surface area contributed by atoms with E-state index in [-0.39, 0.29) is 0 Å². The van der Waals surface area contributed by atoms with Gasteiger partial charge in [-0.2, -0.15) is 5.10 Å². The molecule has 15 heavy (non-hydrogen) atoms. The summed E-state index contributed by atoms with van der Waals surface area (Å²) in [7, 11) is 0. The van der Waals surface area contributed by atoms with Crippen LogP contribution in [0.4, 0.5) is 5.82 Å². The van der Waals surface area contributed by atoms with Gasteiger partial charge < -0.3 is 5.73 Å². The lowest BCUT2D eigenvalue weighted by Gasteiger charge is -2.31. The van der Waals surface area contributed by atoms with Crippen LogP contribution in [0.3, 0.4) is 0 Å². The summed E-state index contributed by atoms with van der Waals surface area (Å²) in [5, 5.41) is 4.42. The lowest BCUT2D eigenvalue weighted by atomic mass is 9.83. The molecule has 0 aromatic carbocycles. The molecule has 0 aliphatic heterocycles. The Hall–Kier alpha value is -0.260. The molecule has 2 unspecified atom stereocenters. The van der Waals surface area contributed by atoms with Gasteiger partial charge in [-0.15, -0.1) is 0 Å². The summed E-state index contributed by atoms with van der Waals surface area (Å²) >= 11 is 2.25. The van der Waals surface area contributed by atoms with Crippen LogP contribution in [0.15, 0.2) is 6.20 Å². The molecule has 1 fully saturated rings. The van der Waals surface area contributed by atoms with Gasteiger partial charge in [0.25, 0.3) is 0 Å². The normalized spacial score (nSPS) is 26.8. The molecule has 1 saturated carbocycles. The Morgan fingerprint density at radius 2 is 2.27 bits per heavy atom. The number of nitrogen functional groups attached to an aromatic ring is 1. The lowest BCUT2D eigenvalue weighted by Crippen LogP contribution is -2.24. The van der Waals surface area contributed by atoms with E-state index in [1.807, 2.05) is 6.20 Å². The molecule has 2 rings (SSSR count). The van der Waals surface area contributed by atoms with Crippen molar-refractivity contribution in [3.05, 3.63) is 9.77 Å². The van der Waals surface area contributed by atoms with E-state index < -0.39 is 0 Å². The molecule has 2 atom stereocenters. The minimum Gasteiger partial charge on any atom is -0.383 e. The minimum atomic E-state index is 0.535. The van der Waals surface area contributed by atoms with Crippen LogP contribution in [0.25, 0.3) is 0 Å². The number of hydrogen-bond donors (Lipinski definition) is 1. The van der Waals surface area contributed by atoms with Gasteiger partial charge in [0.2, 0.25) is 0 Å². The molecule has 1 aromatic heterocycles. The highest BCUT2D eigenvalue weighted by Crippen LogP contribution is 2.37. The quantitative estimate of drug-likeness (QED) is 0.851. The van der Waals surface area contributed by atoms with Crippen molar-refractivity contribution in [3.8, 4) is 0 Å². The molecule has 0 bridgehead atoms. The first-order valence-electron chi connectivity index (χ1n) is 5.72. The molecule has 0 radical (unpaired) electrons. The summed E-state index contributed by atoms with van der Waals surface area (Å²) in [6.45, 7) is 2.27. The van der Waals surface area contributed by atoms with E-state index in [9.17, 15) is 0 Å². The van der Waals surface area contributed by atoms with Gasteiger partial charge in [0.15, 0.2) is 0 Å². The van der Waals surface area contributed by atoms with Gasteiger partial charge in [0, 0.05) is 0 Å². The van der Waals surface area contributed by atoms with Crippen molar-refractivity contribution < 1.29 is 0 Å². The van der Waals surface area contributed by atoms with Crippen molar-refractivity contribution in [3.63, 3.8) is 0 Å². The predicted molar refractivity (Wildman–Crippen MR) is 70.6 cm³/mol. The molecule has 0 saturated heterocycles. The van der Waals surface area contributed by atoms with Crippen molar-refractivity contribution in [2.24, 2.45) is 5.92 Å². The molecule has 3 nitrogen and oxygen atoms in total. The summed E-state index contributed by atoms with van der Waals surface area (Å²) in [4.78, 5) is 0. The Balaban J connectivity index is 2.24. The fourth-order valence-electron chi connectivity index (χ4n) is 2.60. The Bertz CT molecular complexity index is 335. The maximum atomic E-state index is 6.04. The van der Waals surface area contributed by atoms with Crippen LogP contribution in [0.5, 0.6) is 0 Å². The molecule has 1 aliphatic carbocycles. The molecule has 1 aromatic rings. The third-order valence-corrected chi connectivity index (χ3v) is 4.33. The maximum absolute atomic E-state index is 6.04. The monoisotopic (exact) mass is 319 g/mol. The number of hydrogen-bond acceptors (Lipinski definition) is 2. The van der Waals surface area contributed by atoms with E-state index in [2.05, 4.69) is 39.3 Å². The van der Waals surface area contributed by atoms with Gasteiger partial charge in [-0.1, -0.05) is 26.2 Å². The smallest absolute Gasteiger partial charge is 0.135 e. The summed E-state index contributed by atoms with van der Waals surface area (Å²) in [6.07, 6.45) is 8.36. The minimum absolute atomic E-state index is 0.535. The molecule has 84 valence electrons. The molecule has 0 amide bonds. The van der Waals surface area contributed by atoms with E-state index in [1.165, 1.54) is 32.1 Å².